The van der Waals surface area contributed by atoms with Crippen molar-refractivity contribution in [2.75, 3.05) is 39.8 Å². The quantitative estimate of drug-likeness (QED) is 0.795. The van der Waals surface area contributed by atoms with Gasteiger partial charge in [-0.05, 0) is 36.9 Å². The standard InChI is InChI=1S/C17H27ClN2OS.2ClH/c1-19-7-9-20(10-8-19)12-15(14-11-16(18)22-13-14)17(21)5-3-2-4-6-17;;/h11,13,15,21H,2-10,12H2,1H3;2*1H/t15-;;/m0../s1. The first-order chi connectivity index (χ1) is 10.6. The molecule has 2 fully saturated rings. The van der Waals surface area contributed by atoms with E-state index < -0.39 is 5.60 Å². The molecule has 7 heteroatoms. The Morgan fingerprint density at radius 2 is 1.79 bits per heavy atom. The van der Waals surface area contributed by atoms with Gasteiger partial charge in [-0.1, -0.05) is 30.9 Å². The summed E-state index contributed by atoms with van der Waals surface area (Å²) >= 11 is 7.75. The van der Waals surface area contributed by atoms with Crippen LogP contribution >= 0.6 is 47.8 Å². The van der Waals surface area contributed by atoms with Crippen molar-refractivity contribution in [3.63, 3.8) is 0 Å². The Bertz CT molecular complexity index is 486. The van der Waals surface area contributed by atoms with Crippen LogP contribution in [0, 0.1) is 0 Å². The summed E-state index contributed by atoms with van der Waals surface area (Å²) in [6, 6.07) is 2.07. The van der Waals surface area contributed by atoms with Crippen molar-refractivity contribution < 1.29 is 5.11 Å². The number of hydrogen-bond donors (Lipinski definition) is 1. The van der Waals surface area contributed by atoms with Gasteiger partial charge in [0.25, 0.3) is 0 Å². The molecule has 0 aromatic carbocycles. The van der Waals surface area contributed by atoms with Crippen LogP contribution in [0.15, 0.2) is 11.4 Å². The van der Waals surface area contributed by atoms with E-state index in [1.807, 2.05) is 0 Å². The van der Waals surface area contributed by atoms with E-state index in [4.69, 9.17) is 11.6 Å². The Balaban J connectivity index is 0.00000144. The molecule has 0 radical (unpaired) electrons. The van der Waals surface area contributed by atoms with Crippen LogP contribution < -0.4 is 0 Å². The minimum Gasteiger partial charge on any atom is -0.389 e. The highest BCUT2D eigenvalue weighted by molar-refractivity contribution is 7.14. The van der Waals surface area contributed by atoms with Crippen molar-refractivity contribution in [3.8, 4) is 0 Å². The van der Waals surface area contributed by atoms with E-state index in [1.54, 1.807) is 11.3 Å². The second-order valence-corrected chi connectivity index (χ2v) is 8.55. The lowest BCUT2D eigenvalue weighted by Crippen LogP contribution is -2.49. The van der Waals surface area contributed by atoms with Gasteiger partial charge in [-0.15, -0.1) is 36.2 Å². The van der Waals surface area contributed by atoms with E-state index >= 15 is 0 Å². The minimum absolute atomic E-state index is 0. The van der Waals surface area contributed by atoms with Crippen LogP contribution in [-0.4, -0.2) is 60.3 Å². The topological polar surface area (TPSA) is 26.7 Å². The molecule has 0 bridgehead atoms. The summed E-state index contributed by atoms with van der Waals surface area (Å²) in [4.78, 5) is 4.89. The molecule has 0 unspecified atom stereocenters. The number of halogens is 3. The first-order valence-electron chi connectivity index (χ1n) is 8.44. The first-order valence-corrected chi connectivity index (χ1v) is 9.70. The van der Waals surface area contributed by atoms with Crippen LogP contribution in [-0.2, 0) is 0 Å². The van der Waals surface area contributed by atoms with Crippen LogP contribution in [0.4, 0.5) is 0 Å². The van der Waals surface area contributed by atoms with Crippen LogP contribution in [0.3, 0.4) is 0 Å². The van der Waals surface area contributed by atoms with Gasteiger partial charge in [0.2, 0.25) is 0 Å². The van der Waals surface area contributed by atoms with Gasteiger partial charge in [-0.25, -0.2) is 0 Å². The van der Waals surface area contributed by atoms with Crippen LogP contribution in [0.5, 0.6) is 0 Å². The van der Waals surface area contributed by atoms with E-state index in [-0.39, 0.29) is 30.7 Å². The van der Waals surface area contributed by atoms with E-state index in [9.17, 15) is 5.11 Å². The molecule has 2 heterocycles. The van der Waals surface area contributed by atoms with E-state index in [0.29, 0.717) is 0 Å². The van der Waals surface area contributed by atoms with Crippen molar-refractivity contribution in [1.29, 1.82) is 0 Å². The zero-order chi connectivity index (χ0) is 15.6. The summed E-state index contributed by atoms with van der Waals surface area (Å²) < 4.78 is 0.831. The lowest BCUT2D eigenvalue weighted by molar-refractivity contribution is -0.0335. The maximum absolute atomic E-state index is 11.3. The molecular weight excluding hydrogens is 387 g/mol. The smallest absolute Gasteiger partial charge is 0.0931 e. The van der Waals surface area contributed by atoms with Gasteiger partial charge < -0.3 is 14.9 Å². The monoisotopic (exact) mass is 414 g/mol. The molecule has 2 aliphatic rings. The Hall–Kier alpha value is 0.450. The lowest BCUT2D eigenvalue weighted by Gasteiger charge is -2.43. The van der Waals surface area contributed by atoms with Gasteiger partial charge in [0.05, 0.1) is 9.94 Å². The van der Waals surface area contributed by atoms with Gasteiger partial charge >= 0.3 is 0 Å². The molecule has 0 amide bonds. The Kier molecular flexibility index (Phi) is 9.33. The molecule has 140 valence electrons. The maximum Gasteiger partial charge on any atom is 0.0931 e. The Morgan fingerprint density at radius 1 is 1.17 bits per heavy atom. The highest BCUT2D eigenvalue weighted by atomic mass is 35.5. The highest BCUT2D eigenvalue weighted by Crippen LogP contribution is 2.42. The number of thiophene rings is 1. The fourth-order valence-corrected chi connectivity index (χ4v) is 4.84. The van der Waals surface area contributed by atoms with Crippen LogP contribution in [0.25, 0.3) is 0 Å². The summed E-state index contributed by atoms with van der Waals surface area (Å²) in [6.45, 7) is 5.39. The normalized spacial score (nSPS) is 23.1. The van der Waals surface area contributed by atoms with E-state index in [1.165, 1.54) is 12.0 Å². The average Bonchev–Trinajstić information content (AvgIpc) is 2.93. The van der Waals surface area contributed by atoms with Crippen molar-refractivity contribution >= 4 is 47.8 Å². The van der Waals surface area contributed by atoms with Crippen molar-refractivity contribution in [2.45, 2.75) is 43.6 Å². The molecule has 1 N–H and O–H groups in total. The first kappa shape index (κ1) is 22.5. The predicted molar refractivity (Wildman–Crippen MR) is 109 cm³/mol. The molecule has 1 aromatic rings. The summed E-state index contributed by atoms with van der Waals surface area (Å²) in [5.74, 6) is 0.194. The highest BCUT2D eigenvalue weighted by Gasteiger charge is 2.40. The van der Waals surface area contributed by atoms with Crippen molar-refractivity contribution in [2.24, 2.45) is 0 Å². The van der Waals surface area contributed by atoms with Gasteiger partial charge in [0, 0.05) is 38.6 Å². The molecule has 3 nitrogen and oxygen atoms in total. The van der Waals surface area contributed by atoms with Crippen molar-refractivity contribution in [3.05, 3.63) is 21.3 Å². The number of likely N-dealkylation sites (N-methyl/N-ethyl adjacent to an activating group) is 1. The van der Waals surface area contributed by atoms with Crippen LogP contribution in [0.2, 0.25) is 4.34 Å². The second-order valence-electron chi connectivity index (χ2n) is 7.00. The number of aliphatic hydroxyl groups is 1. The Morgan fingerprint density at radius 3 is 2.33 bits per heavy atom. The van der Waals surface area contributed by atoms with E-state index in [2.05, 4.69) is 28.3 Å². The lowest BCUT2D eigenvalue weighted by atomic mass is 9.73. The minimum atomic E-state index is -0.550. The van der Waals surface area contributed by atoms with Gasteiger partial charge in [-0.2, -0.15) is 0 Å². The maximum atomic E-state index is 11.3. The third kappa shape index (κ3) is 5.47. The number of nitrogens with zero attached hydrogens (tertiary/aromatic N) is 2. The molecule has 1 atom stereocenters. The Labute approximate surface area is 167 Å². The molecule has 1 saturated carbocycles. The molecule has 24 heavy (non-hydrogen) atoms. The third-order valence-corrected chi connectivity index (χ3v) is 6.50. The van der Waals surface area contributed by atoms with Crippen molar-refractivity contribution in [1.82, 2.24) is 9.80 Å². The molecular formula is C17H29Cl3N2OS. The fourth-order valence-electron chi connectivity index (χ4n) is 3.89. The third-order valence-electron chi connectivity index (χ3n) is 5.39. The number of piperazine rings is 1. The summed E-state index contributed by atoms with van der Waals surface area (Å²) in [5, 5.41) is 13.4. The molecule has 3 rings (SSSR count). The summed E-state index contributed by atoms with van der Waals surface area (Å²) in [7, 11) is 2.18. The molecule has 1 aliphatic carbocycles. The van der Waals surface area contributed by atoms with Crippen LogP contribution in [0.1, 0.15) is 43.6 Å². The molecule has 1 aliphatic heterocycles. The van der Waals surface area contributed by atoms with E-state index in [0.717, 1.165) is 62.7 Å². The second kappa shape index (κ2) is 9.96. The zero-order valence-corrected chi connectivity index (χ0v) is 17.5. The van der Waals surface area contributed by atoms with Gasteiger partial charge in [0.15, 0.2) is 0 Å². The average molecular weight is 416 g/mol. The molecule has 1 aromatic heterocycles. The number of hydrogen-bond acceptors (Lipinski definition) is 4. The molecule has 1 saturated heterocycles. The summed E-state index contributed by atoms with van der Waals surface area (Å²) in [5.41, 5.74) is 0.685. The number of rotatable bonds is 4. The van der Waals surface area contributed by atoms with Gasteiger partial charge in [-0.3, -0.25) is 0 Å². The zero-order valence-electron chi connectivity index (χ0n) is 14.2. The predicted octanol–water partition coefficient (Wildman–Crippen LogP) is 4.27. The SMILES string of the molecule is CN1CCN(C[C@@H](c2csc(Cl)c2)C2(O)CCCCC2)CC1.Cl.Cl. The van der Waals surface area contributed by atoms with Gasteiger partial charge in [0.1, 0.15) is 0 Å². The molecule has 0 spiro atoms. The summed E-state index contributed by atoms with van der Waals surface area (Å²) in [6.07, 6.45) is 5.41. The fraction of sp³-hybridized carbons (Fsp3) is 0.765. The largest absolute Gasteiger partial charge is 0.389 e.